The van der Waals surface area contributed by atoms with Crippen LogP contribution in [0.1, 0.15) is 77.0 Å². The zero-order valence-electron chi connectivity index (χ0n) is 16.0. The maximum Gasteiger partial charge on any atom is 0.229 e. The third-order valence-electron chi connectivity index (χ3n) is 5.80. The quantitative estimate of drug-likeness (QED) is 0.689. The second-order valence-corrected chi connectivity index (χ2v) is 7.89. The number of hydrogen-bond acceptors (Lipinski definition) is 5. The Kier molecular flexibility index (Phi) is 8.73. The lowest BCUT2D eigenvalue weighted by atomic mass is 9.91. The van der Waals surface area contributed by atoms with Gasteiger partial charge in [-0.25, -0.2) is 0 Å². The molecule has 2 N–H and O–H groups in total. The first-order chi connectivity index (χ1) is 13.0. The van der Waals surface area contributed by atoms with Crippen LogP contribution in [-0.4, -0.2) is 41.3 Å². The number of rotatable bonds is 5. The fraction of sp³-hybridized carbons (Fsp3) is 0.800. The molecule has 1 unspecified atom stereocenters. The number of carboxylic acids is 1. The van der Waals surface area contributed by atoms with Gasteiger partial charge in [0.2, 0.25) is 11.8 Å². The highest BCUT2D eigenvalue weighted by Crippen LogP contribution is 2.18. The van der Waals surface area contributed by atoms with Gasteiger partial charge in [-0.15, -0.1) is 0 Å². The van der Waals surface area contributed by atoms with Crippen molar-refractivity contribution in [2.24, 2.45) is 5.92 Å². The Morgan fingerprint density at radius 1 is 1.00 bits per heavy atom. The normalized spacial score (nSPS) is 22.7. The van der Waals surface area contributed by atoms with Crippen LogP contribution in [0, 0.1) is 17.2 Å². The fourth-order valence-corrected chi connectivity index (χ4v) is 4.22. The van der Waals surface area contributed by atoms with E-state index in [0.717, 1.165) is 17.0 Å². The van der Waals surface area contributed by atoms with E-state index < -0.39 is 30.2 Å². The Balaban J connectivity index is 0.000000194. The van der Waals surface area contributed by atoms with Crippen molar-refractivity contribution in [3.8, 4) is 6.07 Å². The molecule has 1 heterocycles. The predicted molar refractivity (Wildman–Crippen MR) is 95.7 cm³/mol. The van der Waals surface area contributed by atoms with Crippen molar-refractivity contribution in [2.75, 3.05) is 6.54 Å². The smallest absolute Gasteiger partial charge is 0.229 e. The second kappa shape index (κ2) is 11.0. The molecule has 3 fully saturated rings. The number of carboxylic acid groups (broad SMARTS) is 1. The Bertz CT molecular complexity index is 528. The standard InChI is InChI=1S/C12H23N.C8H8N2O4/c1-3-7-11(8-4-1)13-12-9-5-2-6-10-12;9-3-5(8(13)14)4-10-6(11)1-2-7(10)12/h11-13H,1-10H2;5H,1-2,4H2,(H,13,14). The molecule has 0 spiro atoms. The molecule has 27 heavy (non-hydrogen) atoms. The zero-order chi connectivity index (χ0) is 19.6. The zero-order valence-corrected chi connectivity index (χ0v) is 16.0. The topological polar surface area (TPSA) is 118 Å². The minimum atomic E-state index is -1.57. The van der Waals surface area contributed by atoms with Gasteiger partial charge in [-0.05, 0) is 51.4 Å². The fourth-order valence-electron chi connectivity index (χ4n) is 4.22. The van der Waals surface area contributed by atoms with Crippen molar-refractivity contribution >= 4 is 17.8 Å². The third kappa shape index (κ3) is 6.94. The maximum absolute atomic E-state index is 11.0. The molecular formula is C20H31N3O4. The van der Waals surface area contributed by atoms with E-state index in [1.165, 1.54) is 70.3 Å². The number of nitrogens with two attached hydrogens (primary N) is 1. The predicted octanol–water partition coefficient (Wildman–Crippen LogP) is 0.240. The van der Waals surface area contributed by atoms with Crippen LogP contribution in [0.5, 0.6) is 0 Å². The molecule has 7 heteroatoms. The van der Waals surface area contributed by atoms with Crippen molar-refractivity contribution in [3.63, 3.8) is 0 Å². The van der Waals surface area contributed by atoms with Crippen LogP contribution < -0.4 is 10.4 Å². The summed E-state index contributed by atoms with van der Waals surface area (Å²) in [5.74, 6) is -3.88. The number of quaternary nitrogens is 1. The van der Waals surface area contributed by atoms with Crippen molar-refractivity contribution in [2.45, 2.75) is 89.1 Å². The first kappa shape index (κ1) is 21.4. The van der Waals surface area contributed by atoms with E-state index in [1.807, 2.05) is 0 Å². The van der Waals surface area contributed by atoms with Crippen LogP contribution in [0.4, 0.5) is 0 Å². The molecule has 1 aliphatic heterocycles. The maximum atomic E-state index is 11.0. The lowest BCUT2D eigenvalue weighted by molar-refractivity contribution is -0.725. The lowest BCUT2D eigenvalue weighted by Gasteiger charge is -2.27. The van der Waals surface area contributed by atoms with Crippen LogP contribution in [0.3, 0.4) is 0 Å². The molecule has 2 amide bonds. The summed E-state index contributed by atoms with van der Waals surface area (Å²) in [6, 6.07) is 3.46. The lowest BCUT2D eigenvalue weighted by Crippen LogP contribution is -2.95. The summed E-state index contributed by atoms with van der Waals surface area (Å²) < 4.78 is 0. The number of aliphatic carboxylic acids is 1. The van der Waals surface area contributed by atoms with E-state index in [1.54, 1.807) is 0 Å². The summed E-state index contributed by atoms with van der Waals surface area (Å²) >= 11 is 0. The first-order valence-electron chi connectivity index (χ1n) is 10.3. The molecule has 0 aromatic heterocycles. The second-order valence-electron chi connectivity index (χ2n) is 7.89. The summed E-state index contributed by atoms with van der Waals surface area (Å²) in [6.45, 7) is -0.406. The Morgan fingerprint density at radius 2 is 1.44 bits per heavy atom. The van der Waals surface area contributed by atoms with E-state index in [4.69, 9.17) is 5.26 Å². The van der Waals surface area contributed by atoms with Gasteiger partial charge in [-0.1, -0.05) is 12.8 Å². The number of hydrogen-bond donors (Lipinski definition) is 1. The molecule has 2 aliphatic carbocycles. The van der Waals surface area contributed by atoms with Crippen molar-refractivity contribution < 1.29 is 24.8 Å². The third-order valence-corrected chi connectivity index (χ3v) is 5.80. The van der Waals surface area contributed by atoms with Crippen molar-refractivity contribution in [1.29, 1.82) is 5.26 Å². The Morgan fingerprint density at radius 3 is 1.81 bits per heavy atom. The molecule has 7 nitrogen and oxygen atoms in total. The van der Waals surface area contributed by atoms with Gasteiger partial charge >= 0.3 is 0 Å². The molecule has 1 saturated heterocycles. The summed E-state index contributed by atoms with van der Waals surface area (Å²) in [7, 11) is 0. The van der Waals surface area contributed by atoms with Crippen LogP contribution in [0.2, 0.25) is 0 Å². The van der Waals surface area contributed by atoms with E-state index in [0.29, 0.717) is 0 Å². The molecule has 1 atom stereocenters. The molecular weight excluding hydrogens is 346 g/mol. The number of nitrogens with zero attached hydrogens (tertiary/aromatic N) is 2. The minimum Gasteiger partial charge on any atom is -0.549 e. The number of amides is 2. The van der Waals surface area contributed by atoms with Crippen LogP contribution in [0.15, 0.2) is 0 Å². The van der Waals surface area contributed by atoms with E-state index >= 15 is 0 Å². The molecule has 150 valence electrons. The largest absolute Gasteiger partial charge is 0.549 e. The molecule has 3 rings (SSSR count). The van der Waals surface area contributed by atoms with Crippen LogP contribution in [-0.2, 0) is 14.4 Å². The number of nitriles is 1. The molecule has 0 radical (unpaired) electrons. The van der Waals surface area contributed by atoms with Gasteiger partial charge in [0.25, 0.3) is 0 Å². The van der Waals surface area contributed by atoms with Gasteiger partial charge < -0.3 is 15.2 Å². The van der Waals surface area contributed by atoms with E-state index in [9.17, 15) is 19.5 Å². The van der Waals surface area contributed by atoms with Gasteiger partial charge in [0.05, 0.1) is 24.1 Å². The highest BCUT2D eigenvalue weighted by atomic mass is 16.4. The molecule has 0 aromatic carbocycles. The number of imide groups is 1. The number of carbonyl (C=O) groups is 3. The minimum absolute atomic E-state index is 0.0873. The summed E-state index contributed by atoms with van der Waals surface area (Å²) in [6.07, 6.45) is 15.1. The van der Waals surface area contributed by atoms with E-state index in [2.05, 4.69) is 5.32 Å². The van der Waals surface area contributed by atoms with Crippen LogP contribution in [0.25, 0.3) is 0 Å². The Hall–Kier alpha value is -1.94. The van der Waals surface area contributed by atoms with Crippen molar-refractivity contribution in [1.82, 2.24) is 4.90 Å². The SMILES string of the molecule is C1CCC([NH2+]C2CCCCC2)CC1.N#CC(CN1C(=O)CCC1=O)C(=O)[O-]. The van der Waals surface area contributed by atoms with E-state index in [-0.39, 0.29) is 12.8 Å². The van der Waals surface area contributed by atoms with Gasteiger partial charge in [0, 0.05) is 19.4 Å². The summed E-state index contributed by atoms with van der Waals surface area (Å²) in [4.78, 5) is 33.2. The summed E-state index contributed by atoms with van der Waals surface area (Å²) in [5, 5.41) is 21.5. The monoisotopic (exact) mass is 377 g/mol. The molecule has 0 bridgehead atoms. The molecule has 3 aliphatic rings. The van der Waals surface area contributed by atoms with Gasteiger partial charge in [-0.3, -0.25) is 14.5 Å². The van der Waals surface area contributed by atoms with Gasteiger partial charge in [0.15, 0.2) is 0 Å². The van der Waals surface area contributed by atoms with Crippen LogP contribution >= 0.6 is 0 Å². The average Bonchev–Trinajstić information content (AvgIpc) is 2.99. The highest BCUT2D eigenvalue weighted by molar-refractivity contribution is 6.02. The Labute approximate surface area is 161 Å². The van der Waals surface area contributed by atoms with Gasteiger partial charge in [-0.2, -0.15) is 5.26 Å². The average molecular weight is 377 g/mol. The summed E-state index contributed by atoms with van der Waals surface area (Å²) in [5.41, 5.74) is 0. The van der Waals surface area contributed by atoms with Gasteiger partial charge in [0.1, 0.15) is 5.92 Å². The van der Waals surface area contributed by atoms with Crippen molar-refractivity contribution in [3.05, 3.63) is 0 Å². The number of carbonyl (C=O) groups excluding carboxylic acids is 3. The first-order valence-corrected chi connectivity index (χ1v) is 10.3. The molecule has 0 aromatic rings. The molecule has 2 saturated carbocycles. The number of likely N-dealkylation sites (tertiary alicyclic amines) is 1. The highest BCUT2D eigenvalue weighted by Gasteiger charge is 2.31.